The van der Waals surface area contributed by atoms with Gasteiger partial charge in [0.15, 0.2) is 0 Å². The highest BCUT2D eigenvalue weighted by Gasteiger charge is 2.36. The van der Waals surface area contributed by atoms with Crippen LogP contribution in [-0.2, 0) is 20.2 Å². The van der Waals surface area contributed by atoms with Crippen molar-refractivity contribution >= 4 is 21.6 Å². The standard InChI is InChI=1S/C15H22N2O4S/c1-4-17-13-6-5-11(22(20,21)16-7-8-18)9-12(13)15(2,3)10-14(17)19/h5-6,9,16,18H,4,7-8,10H2,1-3H3. The van der Waals surface area contributed by atoms with E-state index in [1.807, 2.05) is 20.8 Å². The average molecular weight is 326 g/mol. The summed E-state index contributed by atoms with van der Waals surface area (Å²) in [6.45, 7) is 6.04. The first-order chi connectivity index (χ1) is 10.2. The van der Waals surface area contributed by atoms with Gasteiger partial charge in [-0.05, 0) is 30.7 Å². The highest BCUT2D eigenvalue weighted by atomic mass is 32.2. The molecule has 0 aromatic heterocycles. The fourth-order valence-corrected chi connectivity index (χ4v) is 3.82. The van der Waals surface area contributed by atoms with Crippen LogP contribution in [-0.4, -0.2) is 39.1 Å². The second kappa shape index (κ2) is 5.98. The van der Waals surface area contributed by atoms with Crippen LogP contribution in [0.4, 0.5) is 5.69 Å². The minimum atomic E-state index is -3.66. The molecule has 0 atom stereocenters. The predicted molar refractivity (Wildman–Crippen MR) is 84.4 cm³/mol. The van der Waals surface area contributed by atoms with Crippen LogP contribution in [0.15, 0.2) is 23.1 Å². The Morgan fingerprint density at radius 1 is 1.36 bits per heavy atom. The number of fused-ring (bicyclic) bond motifs is 1. The van der Waals surface area contributed by atoms with Crippen LogP contribution < -0.4 is 9.62 Å². The van der Waals surface area contributed by atoms with Gasteiger partial charge in [-0.3, -0.25) is 4.79 Å². The van der Waals surface area contributed by atoms with Crippen molar-refractivity contribution in [1.82, 2.24) is 4.72 Å². The number of carbonyl (C=O) groups is 1. The van der Waals surface area contributed by atoms with E-state index in [2.05, 4.69) is 4.72 Å². The van der Waals surface area contributed by atoms with Crippen molar-refractivity contribution in [1.29, 1.82) is 0 Å². The Labute approximate surface area is 131 Å². The summed E-state index contributed by atoms with van der Waals surface area (Å²) < 4.78 is 26.7. The number of anilines is 1. The molecule has 0 saturated carbocycles. The lowest BCUT2D eigenvalue weighted by Crippen LogP contribution is -2.42. The Balaban J connectivity index is 2.52. The van der Waals surface area contributed by atoms with Crippen molar-refractivity contribution in [2.24, 2.45) is 0 Å². The van der Waals surface area contributed by atoms with Crippen molar-refractivity contribution in [3.63, 3.8) is 0 Å². The topological polar surface area (TPSA) is 86.7 Å². The van der Waals surface area contributed by atoms with Crippen molar-refractivity contribution in [3.05, 3.63) is 23.8 Å². The number of aliphatic hydroxyl groups is 1. The maximum atomic E-state index is 12.2. The van der Waals surface area contributed by atoms with Crippen LogP contribution in [0.5, 0.6) is 0 Å². The zero-order valence-electron chi connectivity index (χ0n) is 13.1. The number of sulfonamides is 1. The summed E-state index contributed by atoms with van der Waals surface area (Å²) >= 11 is 0. The minimum absolute atomic E-state index is 0.0254. The van der Waals surface area contributed by atoms with Gasteiger partial charge in [-0.1, -0.05) is 13.8 Å². The Bertz CT molecular complexity index is 683. The number of hydrogen-bond acceptors (Lipinski definition) is 4. The van der Waals surface area contributed by atoms with Crippen LogP contribution in [0.25, 0.3) is 0 Å². The maximum Gasteiger partial charge on any atom is 0.240 e. The van der Waals surface area contributed by atoms with Crippen molar-refractivity contribution in [2.75, 3.05) is 24.6 Å². The van der Waals surface area contributed by atoms with Gasteiger partial charge in [0, 0.05) is 30.6 Å². The second-order valence-electron chi connectivity index (χ2n) is 6.00. The summed E-state index contributed by atoms with van der Waals surface area (Å²) in [5.41, 5.74) is 1.20. The molecule has 2 rings (SSSR count). The van der Waals surface area contributed by atoms with Gasteiger partial charge in [-0.15, -0.1) is 0 Å². The first-order valence-electron chi connectivity index (χ1n) is 7.28. The Hall–Kier alpha value is -1.44. The monoisotopic (exact) mass is 326 g/mol. The summed E-state index contributed by atoms with van der Waals surface area (Å²) in [7, 11) is -3.66. The summed E-state index contributed by atoms with van der Waals surface area (Å²) in [6, 6.07) is 4.81. The Morgan fingerprint density at radius 2 is 2.05 bits per heavy atom. The largest absolute Gasteiger partial charge is 0.395 e. The SMILES string of the molecule is CCN1C(=O)CC(C)(C)c2cc(S(=O)(=O)NCCO)ccc21. The molecule has 0 unspecified atom stereocenters. The third-order valence-electron chi connectivity index (χ3n) is 3.91. The van der Waals surface area contributed by atoms with E-state index in [4.69, 9.17) is 5.11 Å². The molecule has 0 fully saturated rings. The number of hydrogen-bond donors (Lipinski definition) is 2. The number of amides is 1. The van der Waals surface area contributed by atoms with E-state index in [0.29, 0.717) is 13.0 Å². The van der Waals surface area contributed by atoms with Crippen molar-refractivity contribution in [3.8, 4) is 0 Å². The Morgan fingerprint density at radius 3 is 2.64 bits per heavy atom. The smallest absolute Gasteiger partial charge is 0.240 e. The molecule has 7 heteroatoms. The summed E-state index contributed by atoms with van der Waals surface area (Å²) in [5.74, 6) is 0.0500. The van der Waals surface area contributed by atoms with Gasteiger partial charge in [0.2, 0.25) is 15.9 Å². The number of nitrogens with one attached hydrogen (secondary N) is 1. The van der Waals surface area contributed by atoms with Crippen LogP contribution >= 0.6 is 0 Å². The van der Waals surface area contributed by atoms with E-state index in [1.165, 1.54) is 6.07 Å². The number of nitrogens with zero attached hydrogens (tertiary/aromatic N) is 1. The van der Waals surface area contributed by atoms with Crippen LogP contribution in [0.1, 0.15) is 32.8 Å². The molecule has 0 spiro atoms. The molecule has 6 nitrogen and oxygen atoms in total. The zero-order chi connectivity index (χ0) is 16.5. The maximum absolute atomic E-state index is 12.2. The van der Waals surface area contributed by atoms with E-state index >= 15 is 0 Å². The number of rotatable bonds is 5. The fourth-order valence-electron chi connectivity index (χ4n) is 2.77. The number of aliphatic hydroxyl groups excluding tert-OH is 1. The van der Waals surface area contributed by atoms with E-state index < -0.39 is 15.4 Å². The van der Waals surface area contributed by atoms with Gasteiger partial charge in [0.1, 0.15) is 0 Å². The van der Waals surface area contributed by atoms with Gasteiger partial charge in [0.25, 0.3) is 0 Å². The highest BCUT2D eigenvalue weighted by molar-refractivity contribution is 7.89. The van der Waals surface area contributed by atoms with E-state index in [-0.39, 0.29) is 24.0 Å². The molecule has 1 aliphatic heterocycles. The summed E-state index contributed by atoms with van der Waals surface area (Å²) in [5, 5.41) is 8.78. The number of benzene rings is 1. The lowest BCUT2D eigenvalue weighted by molar-refractivity contribution is -0.120. The fraction of sp³-hybridized carbons (Fsp3) is 0.533. The Kier molecular flexibility index (Phi) is 4.60. The predicted octanol–water partition coefficient (Wildman–Crippen LogP) is 0.991. The van der Waals surface area contributed by atoms with E-state index in [0.717, 1.165) is 11.3 Å². The molecule has 0 bridgehead atoms. The molecule has 0 radical (unpaired) electrons. The van der Waals surface area contributed by atoms with Crippen LogP contribution in [0, 0.1) is 0 Å². The number of carbonyl (C=O) groups excluding carboxylic acids is 1. The quantitative estimate of drug-likeness (QED) is 0.845. The normalized spacial score (nSPS) is 17.5. The molecule has 1 aromatic carbocycles. The lowest BCUT2D eigenvalue weighted by Gasteiger charge is -2.38. The lowest BCUT2D eigenvalue weighted by atomic mass is 9.77. The molecule has 1 amide bonds. The zero-order valence-corrected chi connectivity index (χ0v) is 13.9. The minimum Gasteiger partial charge on any atom is -0.395 e. The third-order valence-corrected chi connectivity index (χ3v) is 5.37. The molecular formula is C15H22N2O4S. The molecule has 0 aliphatic carbocycles. The molecule has 1 heterocycles. The molecule has 122 valence electrons. The third kappa shape index (κ3) is 3.02. The summed E-state index contributed by atoms with van der Waals surface area (Å²) in [4.78, 5) is 14.0. The van der Waals surface area contributed by atoms with Gasteiger partial charge >= 0.3 is 0 Å². The van der Waals surface area contributed by atoms with Gasteiger partial charge in [-0.2, -0.15) is 0 Å². The second-order valence-corrected chi connectivity index (χ2v) is 7.77. The van der Waals surface area contributed by atoms with Crippen molar-refractivity contribution in [2.45, 2.75) is 37.5 Å². The van der Waals surface area contributed by atoms with Gasteiger partial charge in [-0.25, -0.2) is 13.1 Å². The van der Waals surface area contributed by atoms with E-state index in [1.54, 1.807) is 17.0 Å². The molecule has 1 aliphatic rings. The van der Waals surface area contributed by atoms with Gasteiger partial charge < -0.3 is 10.0 Å². The first-order valence-corrected chi connectivity index (χ1v) is 8.76. The molecular weight excluding hydrogens is 304 g/mol. The molecule has 22 heavy (non-hydrogen) atoms. The average Bonchev–Trinajstić information content (AvgIpc) is 2.44. The van der Waals surface area contributed by atoms with Crippen LogP contribution in [0.3, 0.4) is 0 Å². The van der Waals surface area contributed by atoms with E-state index in [9.17, 15) is 13.2 Å². The highest BCUT2D eigenvalue weighted by Crippen LogP contribution is 2.41. The molecule has 0 saturated heterocycles. The van der Waals surface area contributed by atoms with Crippen molar-refractivity contribution < 1.29 is 18.3 Å². The summed E-state index contributed by atoms with van der Waals surface area (Å²) in [6.07, 6.45) is 0.349. The van der Waals surface area contributed by atoms with Gasteiger partial charge in [0.05, 0.1) is 11.5 Å². The molecule has 2 N–H and O–H groups in total. The van der Waals surface area contributed by atoms with Crippen LogP contribution in [0.2, 0.25) is 0 Å². The first kappa shape index (κ1) is 16.9. The molecule has 1 aromatic rings.